The molecule has 1 unspecified atom stereocenters. The van der Waals surface area contributed by atoms with Crippen LogP contribution in [0, 0.1) is 0 Å². The molecular formula is C16H21NO2. The number of rotatable bonds is 6. The van der Waals surface area contributed by atoms with Crippen LogP contribution in [0.4, 0.5) is 0 Å². The molecule has 1 heterocycles. The number of aromatic amines is 1. The highest BCUT2D eigenvalue weighted by atomic mass is 16.5. The highest BCUT2D eigenvalue weighted by Crippen LogP contribution is 2.36. The Morgan fingerprint density at radius 1 is 1.21 bits per heavy atom. The Kier molecular flexibility index (Phi) is 4.25. The molecule has 102 valence electrons. The SMILES string of the molecule is CCCCCC(C)(c1ccccc1)c1cc(=O)[nH]o1. The predicted molar refractivity (Wildman–Crippen MR) is 76.4 cm³/mol. The van der Waals surface area contributed by atoms with Crippen LogP contribution in [0.3, 0.4) is 0 Å². The Morgan fingerprint density at radius 2 is 1.95 bits per heavy atom. The van der Waals surface area contributed by atoms with Gasteiger partial charge in [0.05, 0.1) is 5.41 Å². The fraction of sp³-hybridized carbons (Fsp3) is 0.438. The van der Waals surface area contributed by atoms with Crippen molar-refractivity contribution in [2.24, 2.45) is 0 Å². The standard InChI is InChI=1S/C16H21NO2/c1-3-4-8-11-16(2,13-9-6-5-7-10-13)14-12-15(18)17-19-14/h5-7,9-10,12H,3-4,8,11H2,1-2H3,(H,17,18). The molecule has 0 spiro atoms. The minimum Gasteiger partial charge on any atom is -0.383 e. The molecule has 0 saturated carbocycles. The molecule has 1 aromatic heterocycles. The summed E-state index contributed by atoms with van der Waals surface area (Å²) in [7, 11) is 0. The van der Waals surface area contributed by atoms with Crippen LogP contribution >= 0.6 is 0 Å². The van der Waals surface area contributed by atoms with Crippen molar-refractivity contribution in [1.82, 2.24) is 5.16 Å². The number of hydrogen-bond donors (Lipinski definition) is 1. The van der Waals surface area contributed by atoms with Crippen molar-refractivity contribution in [2.75, 3.05) is 0 Å². The van der Waals surface area contributed by atoms with E-state index in [2.05, 4.69) is 31.1 Å². The molecule has 0 radical (unpaired) electrons. The third kappa shape index (κ3) is 2.98. The summed E-state index contributed by atoms with van der Waals surface area (Å²) in [5.41, 5.74) is 0.775. The first kappa shape index (κ1) is 13.7. The average molecular weight is 259 g/mol. The van der Waals surface area contributed by atoms with Crippen LogP contribution in [0.5, 0.6) is 0 Å². The van der Waals surface area contributed by atoms with Crippen LogP contribution in [-0.2, 0) is 5.41 Å². The van der Waals surface area contributed by atoms with Crippen molar-refractivity contribution in [3.63, 3.8) is 0 Å². The largest absolute Gasteiger partial charge is 0.383 e. The summed E-state index contributed by atoms with van der Waals surface area (Å²) < 4.78 is 5.38. The molecule has 2 aromatic rings. The molecule has 3 heteroatoms. The lowest BCUT2D eigenvalue weighted by atomic mass is 9.76. The average Bonchev–Trinajstić information content (AvgIpc) is 2.87. The maximum absolute atomic E-state index is 11.3. The second kappa shape index (κ2) is 5.91. The van der Waals surface area contributed by atoms with Crippen molar-refractivity contribution >= 4 is 0 Å². The van der Waals surface area contributed by atoms with Crippen molar-refractivity contribution in [3.8, 4) is 0 Å². The number of benzene rings is 1. The van der Waals surface area contributed by atoms with E-state index in [0.717, 1.165) is 18.6 Å². The minimum absolute atomic E-state index is 0.173. The van der Waals surface area contributed by atoms with Gasteiger partial charge < -0.3 is 4.52 Å². The third-order valence-electron chi connectivity index (χ3n) is 3.76. The van der Waals surface area contributed by atoms with Gasteiger partial charge in [0.15, 0.2) is 0 Å². The summed E-state index contributed by atoms with van der Waals surface area (Å²) in [6.45, 7) is 4.33. The van der Waals surface area contributed by atoms with Gasteiger partial charge >= 0.3 is 0 Å². The summed E-state index contributed by atoms with van der Waals surface area (Å²) >= 11 is 0. The Hall–Kier alpha value is -1.77. The van der Waals surface area contributed by atoms with Crippen LogP contribution in [0.25, 0.3) is 0 Å². The Morgan fingerprint density at radius 3 is 2.53 bits per heavy atom. The normalized spacial score (nSPS) is 14.2. The van der Waals surface area contributed by atoms with Gasteiger partial charge in [0, 0.05) is 6.07 Å². The summed E-state index contributed by atoms with van der Waals surface area (Å²) in [5.74, 6) is 0.722. The van der Waals surface area contributed by atoms with Gasteiger partial charge in [-0.3, -0.25) is 4.79 Å². The molecule has 0 saturated heterocycles. The molecule has 0 aliphatic carbocycles. The zero-order valence-corrected chi connectivity index (χ0v) is 11.6. The smallest absolute Gasteiger partial charge is 0.280 e. The van der Waals surface area contributed by atoms with Gasteiger partial charge in [-0.15, -0.1) is 0 Å². The van der Waals surface area contributed by atoms with Gasteiger partial charge in [0.25, 0.3) is 5.56 Å². The summed E-state index contributed by atoms with van der Waals surface area (Å²) in [5, 5.41) is 2.40. The summed E-state index contributed by atoms with van der Waals surface area (Å²) in [6, 6.07) is 11.8. The van der Waals surface area contributed by atoms with Crippen molar-refractivity contribution < 1.29 is 4.52 Å². The monoisotopic (exact) mass is 259 g/mol. The second-order valence-corrected chi connectivity index (χ2v) is 5.23. The van der Waals surface area contributed by atoms with Gasteiger partial charge in [-0.05, 0) is 18.9 Å². The van der Waals surface area contributed by atoms with Gasteiger partial charge in [0.1, 0.15) is 5.76 Å². The highest BCUT2D eigenvalue weighted by molar-refractivity contribution is 5.32. The number of aromatic nitrogens is 1. The molecule has 0 aliphatic heterocycles. The molecule has 3 nitrogen and oxygen atoms in total. The summed E-state index contributed by atoms with van der Waals surface area (Å²) in [6.07, 6.45) is 4.47. The Bertz CT molecular complexity index is 555. The molecule has 1 N–H and O–H groups in total. The topological polar surface area (TPSA) is 46.0 Å². The van der Waals surface area contributed by atoms with Crippen LogP contribution in [0.1, 0.15) is 50.9 Å². The maximum Gasteiger partial charge on any atom is 0.280 e. The van der Waals surface area contributed by atoms with E-state index in [4.69, 9.17) is 4.52 Å². The first-order chi connectivity index (χ1) is 9.16. The first-order valence-corrected chi connectivity index (χ1v) is 6.91. The van der Waals surface area contributed by atoms with E-state index in [9.17, 15) is 4.79 Å². The van der Waals surface area contributed by atoms with Gasteiger partial charge in [0.2, 0.25) is 0 Å². The van der Waals surface area contributed by atoms with Crippen molar-refractivity contribution in [3.05, 3.63) is 58.1 Å². The van der Waals surface area contributed by atoms with E-state index in [1.54, 1.807) is 6.07 Å². The van der Waals surface area contributed by atoms with E-state index in [-0.39, 0.29) is 11.0 Å². The maximum atomic E-state index is 11.3. The lowest BCUT2D eigenvalue weighted by molar-refractivity contribution is 0.312. The lowest BCUT2D eigenvalue weighted by Gasteiger charge is -2.27. The van der Waals surface area contributed by atoms with Crippen LogP contribution in [0.15, 0.2) is 45.7 Å². The molecule has 2 rings (SSSR count). The number of unbranched alkanes of at least 4 members (excludes halogenated alkanes) is 2. The van der Waals surface area contributed by atoms with E-state index in [1.807, 2.05) is 18.2 Å². The van der Waals surface area contributed by atoms with Crippen molar-refractivity contribution in [1.29, 1.82) is 0 Å². The molecule has 1 aromatic carbocycles. The first-order valence-electron chi connectivity index (χ1n) is 6.91. The van der Waals surface area contributed by atoms with Crippen LogP contribution in [0.2, 0.25) is 0 Å². The van der Waals surface area contributed by atoms with E-state index in [0.29, 0.717) is 0 Å². The fourth-order valence-corrected chi connectivity index (χ4v) is 2.50. The highest BCUT2D eigenvalue weighted by Gasteiger charge is 2.32. The second-order valence-electron chi connectivity index (χ2n) is 5.23. The third-order valence-corrected chi connectivity index (χ3v) is 3.76. The zero-order valence-electron chi connectivity index (χ0n) is 11.6. The van der Waals surface area contributed by atoms with Crippen LogP contribution in [-0.4, -0.2) is 5.16 Å². The van der Waals surface area contributed by atoms with Gasteiger partial charge in [-0.1, -0.05) is 56.5 Å². The van der Waals surface area contributed by atoms with Gasteiger partial charge in [-0.2, -0.15) is 5.16 Å². The lowest BCUT2D eigenvalue weighted by Crippen LogP contribution is -2.23. The summed E-state index contributed by atoms with van der Waals surface area (Å²) in [4.78, 5) is 11.3. The zero-order chi connectivity index (χ0) is 13.7. The molecular weight excluding hydrogens is 238 g/mol. The predicted octanol–water partition coefficient (Wildman–Crippen LogP) is 3.85. The number of H-pyrrole nitrogens is 1. The molecule has 19 heavy (non-hydrogen) atoms. The molecule has 0 fully saturated rings. The van der Waals surface area contributed by atoms with E-state index >= 15 is 0 Å². The van der Waals surface area contributed by atoms with Gasteiger partial charge in [-0.25, -0.2) is 0 Å². The quantitative estimate of drug-likeness (QED) is 0.801. The Labute approximate surface area is 113 Å². The molecule has 0 bridgehead atoms. The number of nitrogens with one attached hydrogen (secondary N) is 1. The van der Waals surface area contributed by atoms with Crippen LogP contribution < -0.4 is 5.56 Å². The van der Waals surface area contributed by atoms with Crippen molar-refractivity contribution in [2.45, 2.75) is 44.9 Å². The molecule has 0 amide bonds. The minimum atomic E-state index is -0.240. The molecule has 1 atom stereocenters. The van der Waals surface area contributed by atoms with E-state index < -0.39 is 0 Å². The number of hydrogen-bond acceptors (Lipinski definition) is 2. The van der Waals surface area contributed by atoms with E-state index in [1.165, 1.54) is 18.4 Å². The molecule has 0 aliphatic rings. The fourth-order valence-electron chi connectivity index (χ4n) is 2.50. The Balaban J connectivity index is 2.35.